The Kier molecular flexibility index (Phi) is 2.07. The van der Waals surface area contributed by atoms with E-state index in [0.29, 0.717) is 11.6 Å². The van der Waals surface area contributed by atoms with Crippen molar-refractivity contribution in [1.29, 1.82) is 0 Å². The number of methoxy groups -OCH3 is 1. The molecule has 1 aromatic heterocycles. The second-order valence-corrected chi connectivity index (χ2v) is 2.12. The fourth-order valence-corrected chi connectivity index (χ4v) is 0.776. The first kappa shape index (κ1) is 7.55. The molecule has 1 aromatic rings. The van der Waals surface area contributed by atoms with Crippen LogP contribution in [0.5, 0.6) is 5.75 Å². The lowest BCUT2D eigenvalue weighted by atomic mass is 10.3. The summed E-state index contributed by atoms with van der Waals surface area (Å²) < 4.78 is 5.00. The van der Waals surface area contributed by atoms with Crippen LogP contribution in [0.4, 0.5) is 5.82 Å². The summed E-state index contributed by atoms with van der Waals surface area (Å²) in [5, 5.41) is 0. The maximum atomic E-state index is 6.69. The molecule has 11 heavy (non-hydrogen) atoms. The molecule has 0 saturated carbocycles. The number of rotatable bonds is 1. The van der Waals surface area contributed by atoms with E-state index in [4.69, 9.17) is 11.3 Å². The van der Waals surface area contributed by atoms with Crippen LogP contribution >= 0.6 is 0 Å². The molecule has 56 valence electrons. The first-order valence-electron chi connectivity index (χ1n) is 3.16. The van der Waals surface area contributed by atoms with Crippen molar-refractivity contribution in [2.45, 2.75) is 6.92 Å². The molecule has 0 fully saturated rings. The number of nitrogens with zero attached hydrogens (tertiary/aromatic N) is 2. The van der Waals surface area contributed by atoms with Crippen molar-refractivity contribution in [3.63, 3.8) is 0 Å². The molecular weight excluding hydrogens is 140 g/mol. The standard InChI is InChI=1S/C8H8N2O/c1-6-5-10-8(9-2)4-7(6)11-3/h4-5H,1,3H3. The van der Waals surface area contributed by atoms with E-state index in [-0.39, 0.29) is 0 Å². The highest BCUT2D eigenvalue weighted by molar-refractivity contribution is 5.44. The topological polar surface area (TPSA) is 26.5 Å². The Balaban J connectivity index is 3.15. The summed E-state index contributed by atoms with van der Waals surface area (Å²) in [5.41, 5.74) is 0.944. The highest BCUT2D eigenvalue weighted by Gasteiger charge is 2.00. The smallest absolute Gasteiger partial charge is 0.273 e. The van der Waals surface area contributed by atoms with Gasteiger partial charge in [-0.15, -0.1) is 4.98 Å². The van der Waals surface area contributed by atoms with E-state index < -0.39 is 0 Å². The molecule has 0 radical (unpaired) electrons. The van der Waals surface area contributed by atoms with Gasteiger partial charge in [0.2, 0.25) is 0 Å². The fourth-order valence-electron chi connectivity index (χ4n) is 0.776. The summed E-state index contributed by atoms with van der Waals surface area (Å²) in [5.74, 6) is 1.08. The number of ether oxygens (including phenoxy) is 1. The largest absolute Gasteiger partial charge is 0.498 e. The van der Waals surface area contributed by atoms with E-state index in [9.17, 15) is 0 Å². The zero-order valence-electron chi connectivity index (χ0n) is 6.46. The summed E-state index contributed by atoms with van der Waals surface area (Å²) in [6.07, 6.45) is 1.63. The van der Waals surface area contributed by atoms with E-state index >= 15 is 0 Å². The summed E-state index contributed by atoms with van der Waals surface area (Å²) >= 11 is 0. The molecule has 0 amide bonds. The summed E-state index contributed by atoms with van der Waals surface area (Å²) in [4.78, 5) is 7.05. The quantitative estimate of drug-likeness (QED) is 0.569. The molecule has 0 aliphatic heterocycles. The van der Waals surface area contributed by atoms with Gasteiger partial charge in [-0.2, -0.15) is 0 Å². The Morgan fingerprint density at radius 3 is 2.91 bits per heavy atom. The third kappa shape index (κ3) is 1.47. The lowest BCUT2D eigenvalue weighted by Gasteiger charge is -2.01. The Morgan fingerprint density at radius 2 is 2.36 bits per heavy atom. The Labute approximate surface area is 65.5 Å². The third-order valence-electron chi connectivity index (χ3n) is 1.37. The fraction of sp³-hybridized carbons (Fsp3) is 0.250. The van der Waals surface area contributed by atoms with Crippen molar-refractivity contribution in [2.75, 3.05) is 7.11 Å². The van der Waals surface area contributed by atoms with Crippen molar-refractivity contribution in [1.82, 2.24) is 4.98 Å². The maximum Gasteiger partial charge on any atom is 0.273 e. The van der Waals surface area contributed by atoms with Crippen molar-refractivity contribution in [3.8, 4) is 5.75 Å². The summed E-state index contributed by atoms with van der Waals surface area (Å²) in [7, 11) is 1.58. The van der Waals surface area contributed by atoms with Crippen LogP contribution in [-0.2, 0) is 0 Å². The van der Waals surface area contributed by atoms with Gasteiger partial charge < -0.3 is 9.58 Å². The normalized spacial score (nSPS) is 8.82. The molecule has 0 aromatic carbocycles. The van der Waals surface area contributed by atoms with Crippen LogP contribution < -0.4 is 4.74 Å². The Hall–Kier alpha value is -1.56. The van der Waals surface area contributed by atoms with Crippen LogP contribution in [0.1, 0.15) is 5.56 Å². The van der Waals surface area contributed by atoms with Crippen LogP contribution in [0.25, 0.3) is 4.85 Å². The minimum atomic E-state index is 0.368. The maximum absolute atomic E-state index is 6.69. The molecule has 1 rings (SSSR count). The van der Waals surface area contributed by atoms with Gasteiger partial charge in [0.25, 0.3) is 5.82 Å². The first-order valence-corrected chi connectivity index (χ1v) is 3.16. The Morgan fingerprint density at radius 1 is 1.64 bits per heavy atom. The molecule has 1 heterocycles. The minimum Gasteiger partial charge on any atom is -0.498 e. The molecule has 0 aliphatic rings. The van der Waals surface area contributed by atoms with Crippen molar-refractivity contribution >= 4 is 5.82 Å². The molecule has 0 aliphatic carbocycles. The van der Waals surface area contributed by atoms with Gasteiger partial charge in [0, 0.05) is 11.6 Å². The van der Waals surface area contributed by atoms with Gasteiger partial charge in [0.1, 0.15) is 11.9 Å². The van der Waals surface area contributed by atoms with E-state index in [2.05, 4.69) is 9.83 Å². The number of pyridine rings is 1. The molecule has 0 N–H and O–H groups in total. The van der Waals surface area contributed by atoms with Gasteiger partial charge in [-0.3, -0.25) is 0 Å². The zero-order valence-corrected chi connectivity index (χ0v) is 6.46. The first-order chi connectivity index (χ1) is 5.27. The number of hydrogen-bond acceptors (Lipinski definition) is 2. The van der Waals surface area contributed by atoms with E-state index in [1.807, 2.05) is 6.92 Å². The predicted octanol–water partition coefficient (Wildman–Crippen LogP) is 1.95. The monoisotopic (exact) mass is 148 g/mol. The minimum absolute atomic E-state index is 0.368. The lowest BCUT2D eigenvalue weighted by molar-refractivity contribution is 0.411. The van der Waals surface area contributed by atoms with E-state index in [0.717, 1.165) is 5.56 Å². The van der Waals surface area contributed by atoms with Crippen LogP contribution in [0.15, 0.2) is 12.3 Å². The van der Waals surface area contributed by atoms with Gasteiger partial charge in [-0.1, -0.05) is 6.57 Å². The molecular formula is C8H8N2O. The third-order valence-corrected chi connectivity index (χ3v) is 1.37. The van der Waals surface area contributed by atoms with Crippen LogP contribution in [-0.4, -0.2) is 12.1 Å². The number of hydrogen-bond donors (Lipinski definition) is 0. The summed E-state index contributed by atoms with van der Waals surface area (Å²) in [6, 6.07) is 1.63. The molecule has 0 bridgehead atoms. The molecule has 0 spiro atoms. The van der Waals surface area contributed by atoms with Crippen molar-refractivity contribution in [3.05, 3.63) is 29.2 Å². The summed E-state index contributed by atoms with van der Waals surface area (Å²) in [6.45, 7) is 8.58. The molecule has 0 unspecified atom stereocenters. The zero-order chi connectivity index (χ0) is 8.27. The second-order valence-electron chi connectivity index (χ2n) is 2.12. The van der Waals surface area contributed by atoms with Gasteiger partial charge in [-0.05, 0) is 6.92 Å². The van der Waals surface area contributed by atoms with Crippen molar-refractivity contribution in [2.24, 2.45) is 0 Å². The second kappa shape index (κ2) is 3.02. The molecule has 0 atom stereocenters. The van der Waals surface area contributed by atoms with Crippen LogP contribution in [0.2, 0.25) is 0 Å². The van der Waals surface area contributed by atoms with Gasteiger partial charge in [-0.25, -0.2) is 0 Å². The van der Waals surface area contributed by atoms with Gasteiger partial charge in [0.05, 0.1) is 7.11 Å². The van der Waals surface area contributed by atoms with Crippen LogP contribution in [0, 0.1) is 13.5 Å². The average molecular weight is 148 g/mol. The average Bonchev–Trinajstić information content (AvgIpc) is 2.05. The molecule has 0 saturated heterocycles. The molecule has 3 nitrogen and oxygen atoms in total. The molecule has 3 heteroatoms. The van der Waals surface area contributed by atoms with E-state index in [1.165, 1.54) is 0 Å². The lowest BCUT2D eigenvalue weighted by Crippen LogP contribution is -1.87. The highest BCUT2D eigenvalue weighted by Crippen LogP contribution is 2.20. The SMILES string of the molecule is [C-]#[N+]c1cc(OC)c(C)cn1. The number of aromatic nitrogens is 1. The van der Waals surface area contributed by atoms with Crippen molar-refractivity contribution < 1.29 is 4.74 Å². The highest BCUT2D eigenvalue weighted by atomic mass is 16.5. The predicted molar refractivity (Wildman–Crippen MR) is 41.8 cm³/mol. The van der Waals surface area contributed by atoms with Gasteiger partial charge in [0.15, 0.2) is 0 Å². The van der Waals surface area contributed by atoms with Gasteiger partial charge >= 0.3 is 0 Å². The van der Waals surface area contributed by atoms with E-state index in [1.54, 1.807) is 19.4 Å². The Bertz CT molecular complexity index is 301. The van der Waals surface area contributed by atoms with Crippen LogP contribution in [0.3, 0.4) is 0 Å². The number of aryl methyl sites for hydroxylation is 1.